The Hall–Kier alpha value is -1.18. The maximum atomic E-state index is 6.26. The molecule has 2 aromatic carbocycles. The summed E-state index contributed by atoms with van der Waals surface area (Å²) in [7, 11) is 0. The summed E-state index contributed by atoms with van der Waals surface area (Å²) in [6.45, 7) is 0.759. The lowest BCUT2D eigenvalue weighted by molar-refractivity contribution is 0.310. The molecule has 0 amide bonds. The van der Waals surface area contributed by atoms with Gasteiger partial charge in [0, 0.05) is 22.4 Å². The molecule has 0 saturated heterocycles. The molecule has 0 bridgehead atoms. The molecule has 0 aliphatic carbocycles. The number of halogens is 2. The molecule has 1 aliphatic rings. The lowest BCUT2D eigenvalue weighted by atomic mass is 9.87. The molecule has 0 aromatic heterocycles. The molecule has 0 spiro atoms. The molecule has 1 heterocycles. The van der Waals surface area contributed by atoms with Gasteiger partial charge < -0.3 is 4.74 Å². The van der Waals surface area contributed by atoms with Gasteiger partial charge in [-0.25, -0.2) is 0 Å². The second-order valence-corrected chi connectivity index (χ2v) is 6.31. The first kappa shape index (κ1) is 14.7. The maximum absolute atomic E-state index is 6.26. The van der Waals surface area contributed by atoms with Crippen LogP contribution in [0.2, 0.25) is 5.02 Å². The van der Waals surface area contributed by atoms with Crippen molar-refractivity contribution in [1.82, 2.24) is 0 Å². The highest BCUT2D eigenvalue weighted by atomic mass is 35.5. The second-order valence-electron chi connectivity index (χ2n) is 5.60. The minimum Gasteiger partial charge on any atom is -0.493 e. The Balaban J connectivity index is 1.70. The van der Waals surface area contributed by atoms with Crippen LogP contribution in [-0.2, 0) is 6.42 Å². The molecular formula is C18H18Cl2O. The van der Waals surface area contributed by atoms with E-state index in [1.54, 1.807) is 0 Å². The fraction of sp³-hybridized carbons (Fsp3) is 0.333. The summed E-state index contributed by atoms with van der Waals surface area (Å²) in [6.07, 6.45) is 1.95. The number of fused-ring (bicyclic) bond motifs is 1. The van der Waals surface area contributed by atoms with Crippen molar-refractivity contribution in [1.29, 1.82) is 0 Å². The summed E-state index contributed by atoms with van der Waals surface area (Å²) in [5.74, 6) is 2.51. The van der Waals surface area contributed by atoms with Crippen LogP contribution in [0.4, 0.5) is 0 Å². The molecule has 1 nitrogen and oxygen atoms in total. The summed E-state index contributed by atoms with van der Waals surface area (Å²) in [5, 5.41) is 0.829. The Morgan fingerprint density at radius 2 is 1.86 bits per heavy atom. The normalized spacial score (nSPS) is 18.1. The molecule has 2 atom stereocenters. The molecule has 2 aromatic rings. The van der Waals surface area contributed by atoms with Crippen LogP contribution in [-0.4, -0.2) is 12.5 Å². The molecule has 3 heteroatoms. The van der Waals surface area contributed by atoms with Crippen LogP contribution in [0.15, 0.2) is 48.5 Å². The molecule has 21 heavy (non-hydrogen) atoms. The third-order valence-corrected chi connectivity index (χ3v) is 4.91. The molecule has 3 rings (SSSR count). The van der Waals surface area contributed by atoms with Gasteiger partial charge in [-0.3, -0.25) is 0 Å². The zero-order valence-electron chi connectivity index (χ0n) is 11.8. The smallest absolute Gasteiger partial charge is 0.122 e. The fourth-order valence-electron chi connectivity index (χ4n) is 3.00. The summed E-state index contributed by atoms with van der Waals surface area (Å²) in [6, 6.07) is 16.3. The van der Waals surface area contributed by atoms with Crippen LogP contribution in [0, 0.1) is 5.92 Å². The first-order valence-corrected chi connectivity index (χ1v) is 8.20. The van der Waals surface area contributed by atoms with Gasteiger partial charge in [0.25, 0.3) is 0 Å². The summed E-state index contributed by atoms with van der Waals surface area (Å²) < 4.78 is 5.76. The van der Waals surface area contributed by atoms with Gasteiger partial charge in [-0.1, -0.05) is 48.0 Å². The molecule has 2 unspecified atom stereocenters. The third-order valence-electron chi connectivity index (χ3n) is 4.10. The topological polar surface area (TPSA) is 9.23 Å². The number of rotatable bonds is 5. The predicted molar refractivity (Wildman–Crippen MR) is 88.7 cm³/mol. The van der Waals surface area contributed by atoms with E-state index in [1.165, 1.54) is 11.1 Å². The molecule has 0 fully saturated rings. The van der Waals surface area contributed by atoms with Gasteiger partial charge in [0.05, 0.1) is 6.61 Å². The third kappa shape index (κ3) is 3.36. The molecular weight excluding hydrogens is 303 g/mol. The highest BCUT2D eigenvalue weighted by molar-refractivity contribution is 6.31. The fourth-order valence-corrected chi connectivity index (χ4v) is 3.45. The van der Waals surface area contributed by atoms with E-state index in [-0.39, 0.29) is 0 Å². The van der Waals surface area contributed by atoms with E-state index in [4.69, 9.17) is 27.9 Å². The highest BCUT2D eigenvalue weighted by Crippen LogP contribution is 2.38. The van der Waals surface area contributed by atoms with E-state index in [1.807, 2.05) is 30.3 Å². The van der Waals surface area contributed by atoms with Crippen molar-refractivity contribution in [2.45, 2.75) is 18.8 Å². The molecule has 1 aliphatic heterocycles. The van der Waals surface area contributed by atoms with Crippen LogP contribution in [0.5, 0.6) is 5.75 Å². The largest absolute Gasteiger partial charge is 0.493 e. The maximum Gasteiger partial charge on any atom is 0.122 e. The number of para-hydroxylation sites is 1. The average molecular weight is 321 g/mol. The van der Waals surface area contributed by atoms with Crippen molar-refractivity contribution in [3.8, 4) is 5.75 Å². The summed E-state index contributed by atoms with van der Waals surface area (Å²) in [5.41, 5.74) is 2.49. The minimum absolute atomic E-state index is 0.409. The van der Waals surface area contributed by atoms with E-state index in [0.29, 0.717) is 17.7 Å². The first-order valence-electron chi connectivity index (χ1n) is 7.29. The minimum atomic E-state index is 0.409. The van der Waals surface area contributed by atoms with E-state index in [9.17, 15) is 0 Å². The lowest BCUT2D eigenvalue weighted by Crippen LogP contribution is -2.13. The van der Waals surface area contributed by atoms with Crippen LogP contribution in [0.1, 0.15) is 23.5 Å². The summed E-state index contributed by atoms with van der Waals surface area (Å²) >= 11 is 12.4. The Morgan fingerprint density at radius 1 is 1.10 bits per heavy atom. The molecule has 0 radical (unpaired) electrons. The Labute approximate surface area is 135 Å². The lowest BCUT2D eigenvalue weighted by Gasteiger charge is -2.18. The number of ether oxygens (including phenoxy) is 1. The van der Waals surface area contributed by atoms with E-state index in [2.05, 4.69) is 18.2 Å². The van der Waals surface area contributed by atoms with Gasteiger partial charge >= 0.3 is 0 Å². The van der Waals surface area contributed by atoms with Crippen molar-refractivity contribution < 1.29 is 4.74 Å². The average Bonchev–Trinajstić information content (AvgIpc) is 2.92. The molecule has 0 saturated carbocycles. The van der Waals surface area contributed by atoms with Crippen molar-refractivity contribution in [3.05, 3.63) is 64.7 Å². The van der Waals surface area contributed by atoms with Gasteiger partial charge in [-0.15, -0.1) is 11.6 Å². The van der Waals surface area contributed by atoms with Crippen molar-refractivity contribution in [2.24, 2.45) is 5.92 Å². The Kier molecular flexibility index (Phi) is 4.72. The van der Waals surface area contributed by atoms with Crippen molar-refractivity contribution in [2.75, 3.05) is 12.5 Å². The Bertz CT molecular complexity index is 612. The zero-order valence-corrected chi connectivity index (χ0v) is 13.3. The number of hydrogen-bond acceptors (Lipinski definition) is 1. The number of alkyl halides is 1. The van der Waals surface area contributed by atoms with Crippen LogP contribution < -0.4 is 4.74 Å². The van der Waals surface area contributed by atoms with Crippen molar-refractivity contribution >= 4 is 23.2 Å². The van der Waals surface area contributed by atoms with Gasteiger partial charge in [-0.2, -0.15) is 0 Å². The highest BCUT2D eigenvalue weighted by Gasteiger charge is 2.26. The molecule has 0 N–H and O–H groups in total. The van der Waals surface area contributed by atoms with Gasteiger partial charge in [-0.05, 0) is 36.5 Å². The SMILES string of the molecule is ClCC(Cc1ccccc1Cl)CC1COc2ccccc21. The molecule has 110 valence electrons. The van der Waals surface area contributed by atoms with Gasteiger partial charge in [0.1, 0.15) is 5.75 Å². The zero-order chi connectivity index (χ0) is 14.7. The van der Waals surface area contributed by atoms with Crippen LogP contribution in [0.25, 0.3) is 0 Å². The van der Waals surface area contributed by atoms with Crippen molar-refractivity contribution in [3.63, 3.8) is 0 Å². The quantitative estimate of drug-likeness (QED) is 0.679. The van der Waals surface area contributed by atoms with Crippen LogP contribution >= 0.6 is 23.2 Å². The van der Waals surface area contributed by atoms with Crippen LogP contribution in [0.3, 0.4) is 0 Å². The second kappa shape index (κ2) is 6.72. The van der Waals surface area contributed by atoms with E-state index < -0.39 is 0 Å². The van der Waals surface area contributed by atoms with E-state index in [0.717, 1.165) is 30.2 Å². The number of benzene rings is 2. The van der Waals surface area contributed by atoms with Gasteiger partial charge in [0.2, 0.25) is 0 Å². The van der Waals surface area contributed by atoms with E-state index >= 15 is 0 Å². The van der Waals surface area contributed by atoms with Gasteiger partial charge in [0.15, 0.2) is 0 Å². The predicted octanol–water partition coefficient (Wildman–Crippen LogP) is 5.30. The first-order chi connectivity index (χ1) is 10.3. The Morgan fingerprint density at radius 3 is 2.67 bits per heavy atom. The summed E-state index contributed by atoms with van der Waals surface area (Å²) in [4.78, 5) is 0. The monoisotopic (exact) mass is 320 g/mol. The number of hydrogen-bond donors (Lipinski definition) is 0. The standard InChI is InChI=1S/C18H18Cl2O/c19-11-13(9-14-5-1-3-7-17(14)20)10-15-12-21-18-8-4-2-6-16(15)18/h1-8,13,15H,9-12H2.